The van der Waals surface area contributed by atoms with Crippen LogP contribution in [0.3, 0.4) is 0 Å². The Bertz CT molecular complexity index is 456. The summed E-state index contributed by atoms with van der Waals surface area (Å²) in [7, 11) is 0. The summed E-state index contributed by atoms with van der Waals surface area (Å²) < 4.78 is 1.26. The topological polar surface area (TPSA) is 15.3 Å². The molecule has 1 unspecified atom stereocenters. The predicted molar refractivity (Wildman–Crippen MR) is 89.3 cm³/mol. The molecule has 0 spiro atoms. The van der Waals surface area contributed by atoms with E-state index in [9.17, 15) is 0 Å². The Hall–Kier alpha value is -0.540. The molecule has 0 amide bonds. The van der Waals surface area contributed by atoms with Crippen LogP contribution in [0.5, 0.6) is 0 Å². The fourth-order valence-electron chi connectivity index (χ4n) is 3.19. The van der Waals surface area contributed by atoms with E-state index >= 15 is 0 Å². The van der Waals surface area contributed by atoms with Crippen molar-refractivity contribution < 1.29 is 0 Å². The zero-order chi connectivity index (χ0) is 13.9. The lowest BCUT2D eigenvalue weighted by Gasteiger charge is -2.37. The van der Waals surface area contributed by atoms with Gasteiger partial charge in [-0.05, 0) is 72.2 Å². The Balaban J connectivity index is 1.71. The van der Waals surface area contributed by atoms with E-state index in [1.807, 2.05) is 0 Å². The van der Waals surface area contributed by atoms with Crippen LogP contribution in [0.15, 0.2) is 22.7 Å². The van der Waals surface area contributed by atoms with Crippen LogP contribution in [0.2, 0.25) is 0 Å². The van der Waals surface area contributed by atoms with Gasteiger partial charge in [-0.2, -0.15) is 0 Å². The molecule has 1 N–H and O–H groups in total. The summed E-state index contributed by atoms with van der Waals surface area (Å²) in [6.07, 6.45) is 8.01. The minimum atomic E-state index is 0.718. The number of piperidine rings is 1. The summed E-state index contributed by atoms with van der Waals surface area (Å²) in [5.41, 5.74) is 2.77. The molecule has 1 aromatic rings. The van der Waals surface area contributed by atoms with Gasteiger partial charge in [0.25, 0.3) is 0 Å². The molecular weight excluding hydrogens is 312 g/mol. The molecule has 1 aliphatic carbocycles. The maximum atomic E-state index is 3.79. The van der Waals surface area contributed by atoms with E-state index < -0.39 is 0 Å². The fraction of sp³-hybridized carbons (Fsp3) is 0.647. The highest BCUT2D eigenvalue weighted by Gasteiger charge is 2.23. The highest BCUT2D eigenvalue weighted by Crippen LogP contribution is 2.33. The number of nitrogens with zero attached hydrogens (tertiary/aromatic N) is 1. The quantitative estimate of drug-likeness (QED) is 0.853. The van der Waals surface area contributed by atoms with Crippen LogP contribution in [0, 0.1) is 0 Å². The number of halogens is 1. The smallest absolute Gasteiger partial charge is 0.0513 e. The molecule has 1 atom stereocenters. The van der Waals surface area contributed by atoms with Crippen LogP contribution in [0.25, 0.3) is 0 Å². The fourth-order valence-corrected chi connectivity index (χ4v) is 3.84. The first-order valence-corrected chi connectivity index (χ1v) is 8.85. The number of hydrogen-bond acceptors (Lipinski definition) is 2. The van der Waals surface area contributed by atoms with Gasteiger partial charge in [-0.15, -0.1) is 0 Å². The lowest BCUT2D eigenvalue weighted by Crippen LogP contribution is -2.39. The Labute approximate surface area is 131 Å². The molecule has 3 rings (SSSR count). The molecule has 1 aromatic carbocycles. The standard InChI is InChI=1S/C17H25BrN2/c1-2-15-5-3-4-10-20(15)17-9-6-13(11-16(17)18)12-19-14-7-8-14/h6,9,11,14-15,19H,2-5,7-8,10,12H2,1H3. The van der Waals surface area contributed by atoms with Crippen molar-refractivity contribution in [1.29, 1.82) is 0 Å². The van der Waals surface area contributed by atoms with Crippen LogP contribution >= 0.6 is 15.9 Å². The number of benzene rings is 1. The maximum Gasteiger partial charge on any atom is 0.0513 e. The zero-order valence-corrected chi connectivity index (χ0v) is 14.0. The van der Waals surface area contributed by atoms with Crippen molar-refractivity contribution in [3.8, 4) is 0 Å². The van der Waals surface area contributed by atoms with Crippen LogP contribution in [0.4, 0.5) is 5.69 Å². The molecule has 20 heavy (non-hydrogen) atoms. The van der Waals surface area contributed by atoms with Gasteiger partial charge >= 0.3 is 0 Å². The molecule has 1 heterocycles. The van der Waals surface area contributed by atoms with E-state index in [2.05, 4.69) is 51.3 Å². The van der Waals surface area contributed by atoms with Gasteiger partial charge in [0.1, 0.15) is 0 Å². The maximum absolute atomic E-state index is 3.79. The molecule has 0 aromatic heterocycles. The number of rotatable bonds is 5. The van der Waals surface area contributed by atoms with Crippen molar-refractivity contribution in [2.24, 2.45) is 0 Å². The van der Waals surface area contributed by atoms with Gasteiger partial charge < -0.3 is 10.2 Å². The van der Waals surface area contributed by atoms with E-state index in [-0.39, 0.29) is 0 Å². The van der Waals surface area contributed by atoms with Gasteiger partial charge in [0.2, 0.25) is 0 Å². The van der Waals surface area contributed by atoms with Gasteiger partial charge in [-0.1, -0.05) is 13.0 Å². The van der Waals surface area contributed by atoms with Gasteiger partial charge in [0.15, 0.2) is 0 Å². The summed E-state index contributed by atoms with van der Waals surface area (Å²) in [5.74, 6) is 0. The Morgan fingerprint density at radius 3 is 2.80 bits per heavy atom. The number of hydrogen-bond donors (Lipinski definition) is 1. The first kappa shape index (κ1) is 14.4. The third-order valence-corrected chi connectivity index (χ3v) is 5.23. The number of anilines is 1. The van der Waals surface area contributed by atoms with E-state index in [0.717, 1.165) is 18.6 Å². The summed E-state index contributed by atoms with van der Waals surface area (Å²) in [5, 5.41) is 3.58. The zero-order valence-electron chi connectivity index (χ0n) is 12.4. The van der Waals surface area contributed by atoms with Crippen molar-refractivity contribution in [3.05, 3.63) is 28.2 Å². The van der Waals surface area contributed by atoms with E-state index in [0.29, 0.717) is 0 Å². The molecular formula is C17H25BrN2. The van der Waals surface area contributed by atoms with Crippen LogP contribution in [0.1, 0.15) is 51.0 Å². The third-order valence-electron chi connectivity index (χ3n) is 4.59. The van der Waals surface area contributed by atoms with Crippen LogP contribution in [-0.4, -0.2) is 18.6 Å². The molecule has 110 valence electrons. The van der Waals surface area contributed by atoms with Gasteiger partial charge in [-0.25, -0.2) is 0 Å². The highest BCUT2D eigenvalue weighted by molar-refractivity contribution is 9.10. The summed E-state index contributed by atoms with van der Waals surface area (Å²) in [4.78, 5) is 2.60. The van der Waals surface area contributed by atoms with Crippen molar-refractivity contribution >= 4 is 21.6 Å². The average molecular weight is 337 g/mol. The molecule has 1 saturated carbocycles. The SMILES string of the molecule is CCC1CCCCN1c1ccc(CNC2CC2)cc1Br. The van der Waals surface area contributed by atoms with E-state index in [1.54, 1.807) is 0 Å². The van der Waals surface area contributed by atoms with Crippen molar-refractivity contribution in [1.82, 2.24) is 5.32 Å². The highest BCUT2D eigenvalue weighted by atomic mass is 79.9. The molecule has 2 nitrogen and oxygen atoms in total. The molecule has 1 aliphatic heterocycles. The molecule has 1 saturated heterocycles. The first-order chi connectivity index (χ1) is 9.78. The molecule has 2 fully saturated rings. The second-order valence-corrected chi connectivity index (χ2v) is 7.05. The third kappa shape index (κ3) is 3.37. The Morgan fingerprint density at radius 2 is 2.10 bits per heavy atom. The minimum Gasteiger partial charge on any atom is -0.368 e. The van der Waals surface area contributed by atoms with Crippen LogP contribution in [-0.2, 0) is 6.54 Å². The molecule has 0 bridgehead atoms. The summed E-state index contributed by atoms with van der Waals surface area (Å²) >= 11 is 3.79. The lowest BCUT2D eigenvalue weighted by molar-refractivity contribution is 0.449. The van der Waals surface area contributed by atoms with Gasteiger partial charge in [0.05, 0.1) is 5.69 Å². The lowest BCUT2D eigenvalue weighted by atomic mass is 9.99. The summed E-state index contributed by atoms with van der Waals surface area (Å²) in [6, 6.07) is 8.39. The monoisotopic (exact) mass is 336 g/mol. The van der Waals surface area contributed by atoms with Gasteiger partial charge in [-0.3, -0.25) is 0 Å². The molecule has 3 heteroatoms. The van der Waals surface area contributed by atoms with Crippen molar-refractivity contribution in [3.63, 3.8) is 0 Å². The molecule has 0 radical (unpaired) electrons. The largest absolute Gasteiger partial charge is 0.368 e. The van der Waals surface area contributed by atoms with Crippen LogP contribution < -0.4 is 10.2 Å². The second kappa shape index (κ2) is 6.48. The predicted octanol–water partition coefficient (Wildman–Crippen LogP) is 4.47. The average Bonchev–Trinajstić information content (AvgIpc) is 3.29. The van der Waals surface area contributed by atoms with E-state index in [1.165, 1.54) is 60.8 Å². The first-order valence-electron chi connectivity index (χ1n) is 8.06. The van der Waals surface area contributed by atoms with Crippen molar-refractivity contribution in [2.75, 3.05) is 11.4 Å². The Morgan fingerprint density at radius 1 is 1.25 bits per heavy atom. The molecule has 2 aliphatic rings. The Kier molecular flexibility index (Phi) is 4.67. The van der Waals surface area contributed by atoms with E-state index in [4.69, 9.17) is 0 Å². The number of nitrogens with one attached hydrogen (secondary N) is 1. The minimum absolute atomic E-state index is 0.718. The second-order valence-electron chi connectivity index (χ2n) is 6.19. The normalized spacial score (nSPS) is 23.1. The van der Waals surface area contributed by atoms with Gasteiger partial charge in [0, 0.05) is 29.6 Å². The summed E-state index contributed by atoms with van der Waals surface area (Å²) in [6.45, 7) is 4.52. The van der Waals surface area contributed by atoms with Crippen molar-refractivity contribution in [2.45, 2.75) is 64.1 Å².